The summed E-state index contributed by atoms with van der Waals surface area (Å²) in [6.45, 7) is 1.28. The van der Waals surface area contributed by atoms with Crippen LogP contribution in [-0.2, 0) is 9.53 Å². The lowest BCUT2D eigenvalue weighted by molar-refractivity contribution is -0.119. The van der Waals surface area contributed by atoms with Crippen molar-refractivity contribution in [3.05, 3.63) is 83.7 Å². The van der Waals surface area contributed by atoms with E-state index in [1.807, 2.05) is 36.0 Å². The van der Waals surface area contributed by atoms with E-state index in [1.165, 1.54) is 0 Å². The highest BCUT2D eigenvalue weighted by molar-refractivity contribution is 5.95. The van der Waals surface area contributed by atoms with Gasteiger partial charge < -0.3 is 14.6 Å². The first-order valence-corrected chi connectivity index (χ1v) is 8.10. The number of ether oxygens (including phenoxy) is 1. The minimum Gasteiger partial charge on any atom is -0.452 e. The van der Waals surface area contributed by atoms with Crippen LogP contribution in [0.25, 0.3) is 5.69 Å². The van der Waals surface area contributed by atoms with Gasteiger partial charge in [-0.25, -0.2) is 13.6 Å². The zero-order valence-electron chi connectivity index (χ0n) is 14.4. The molecular formula is C20H16F2N2O3. The summed E-state index contributed by atoms with van der Waals surface area (Å²) in [6, 6.07) is 11.4. The second-order valence-electron chi connectivity index (χ2n) is 5.84. The molecule has 138 valence electrons. The van der Waals surface area contributed by atoms with Crippen LogP contribution in [0.15, 0.2) is 60.9 Å². The summed E-state index contributed by atoms with van der Waals surface area (Å²) in [4.78, 5) is 24.0. The number of nitrogens with zero attached hydrogens (tertiary/aromatic N) is 1. The molecule has 0 saturated carbocycles. The average molecular weight is 370 g/mol. The molecule has 1 N–H and O–H groups in total. The molecule has 0 saturated heterocycles. The molecule has 1 aromatic heterocycles. The third-order valence-corrected chi connectivity index (χ3v) is 3.86. The first-order chi connectivity index (χ1) is 12.9. The monoisotopic (exact) mass is 370 g/mol. The van der Waals surface area contributed by atoms with Crippen LogP contribution in [-0.4, -0.2) is 23.1 Å². The van der Waals surface area contributed by atoms with E-state index in [1.54, 1.807) is 18.2 Å². The van der Waals surface area contributed by atoms with Gasteiger partial charge in [-0.2, -0.15) is 0 Å². The van der Waals surface area contributed by atoms with Gasteiger partial charge in [-0.3, -0.25) is 4.79 Å². The normalized spacial score (nSPS) is 10.5. The fourth-order valence-corrected chi connectivity index (χ4v) is 2.50. The minimum absolute atomic E-state index is 0.272. The molecule has 0 radical (unpaired) electrons. The number of amides is 1. The summed E-state index contributed by atoms with van der Waals surface area (Å²) in [5, 5.41) is 2.17. The molecule has 0 unspecified atom stereocenters. The number of aryl methyl sites for hydroxylation is 1. The van der Waals surface area contributed by atoms with Crippen LogP contribution >= 0.6 is 0 Å². The highest BCUT2D eigenvalue weighted by Gasteiger charge is 2.14. The molecule has 0 bridgehead atoms. The second kappa shape index (κ2) is 7.82. The van der Waals surface area contributed by atoms with Crippen LogP contribution in [0.4, 0.5) is 14.5 Å². The number of benzene rings is 2. The first-order valence-electron chi connectivity index (χ1n) is 8.10. The maximum atomic E-state index is 13.5. The number of carbonyl (C=O) groups excluding carboxylic acids is 2. The molecule has 7 heteroatoms. The molecule has 0 atom stereocenters. The standard InChI is InChI=1S/C20H16F2N2O3/c1-13-4-5-14(10-18(13)24-8-2-3-9-24)20(26)27-12-19(25)23-17-11-15(21)6-7-16(17)22/h2-11H,12H2,1H3,(H,23,25). The highest BCUT2D eigenvalue weighted by Crippen LogP contribution is 2.18. The number of rotatable bonds is 5. The van der Waals surface area contributed by atoms with E-state index in [2.05, 4.69) is 5.32 Å². The van der Waals surface area contributed by atoms with Crippen LogP contribution < -0.4 is 5.32 Å². The first kappa shape index (κ1) is 18.3. The Morgan fingerprint density at radius 2 is 1.81 bits per heavy atom. The zero-order valence-corrected chi connectivity index (χ0v) is 14.4. The number of aromatic nitrogens is 1. The average Bonchev–Trinajstić information content (AvgIpc) is 3.17. The molecule has 2 aromatic carbocycles. The van der Waals surface area contributed by atoms with Crippen molar-refractivity contribution in [2.75, 3.05) is 11.9 Å². The largest absolute Gasteiger partial charge is 0.452 e. The molecule has 0 fully saturated rings. The van der Waals surface area contributed by atoms with E-state index < -0.39 is 30.1 Å². The van der Waals surface area contributed by atoms with Gasteiger partial charge in [-0.15, -0.1) is 0 Å². The summed E-state index contributed by atoms with van der Waals surface area (Å²) in [6.07, 6.45) is 3.69. The second-order valence-corrected chi connectivity index (χ2v) is 5.84. The van der Waals surface area contributed by atoms with E-state index in [-0.39, 0.29) is 11.3 Å². The van der Waals surface area contributed by atoms with E-state index in [4.69, 9.17) is 4.74 Å². The molecule has 1 amide bonds. The summed E-state index contributed by atoms with van der Waals surface area (Å²) >= 11 is 0. The van der Waals surface area contributed by atoms with Crippen molar-refractivity contribution < 1.29 is 23.1 Å². The fourth-order valence-electron chi connectivity index (χ4n) is 2.50. The number of nitrogens with one attached hydrogen (secondary N) is 1. The van der Waals surface area contributed by atoms with Gasteiger partial charge in [0.15, 0.2) is 6.61 Å². The van der Waals surface area contributed by atoms with Gasteiger partial charge in [0.05, 0.1) is 11.3 Å². The maximum absolute atomic E-state index is 13.5. The SMILES string of the molecule is Cc1ccc(C(=O)OCC(=O)Nc2cc(F)ccc2F)cc1-n1cccc1. The van der Waals surface area contributed by atoms with Gasteiger partial charge >= 0.3 is 5.97 Å². The molecule has 0 spiro atoms. The Kier molecular flexibility index (Phi) is 5.30. The van der Waals surface area contributed by atoms with Gasteiger partial charge in [0.1, 0.15) is 11.6 Å². The van der Waals surface area contributed by atoms with Crippen LogP contribution in [0.5, 0.6) is 0 Å². The van der Waals surface area contributed by atoms with Gasteiger partial charge in [0, 0.05) is 24.1 Å². The summed E-state index contributed by atoms with van der Waals surface area (Å²) < 4.78 is 33.5. The summed E-state index contributed by atoms with van der Waals surface area (Å²) in [7, 11) is 0. The zero-order chi connectivity index (χ0) is 19.4. The van der Waals surface area contributed by atoms with E-state index in [0.717, 1.165) is 29.4 Å². The number of hydrogen-bond acceptors (Lipinski definition) is 3. The smallest absolute Gasteiger partial charge is 0.338 e. The minimum atomic E-state index is -0.786. The van der Waals surface area contributed by atoms with Crippen molar-refractivity contribution in [3.63, 3.8) is 0 Å². The number of anilines is 1. The topological polar surface area (TPSA) is 60.3 Å². The van der Waals surface area contributed by atoms with Crippen LogP contribution in [0, 0.1) is 18.6 Å². The molecular weight excluding hydrogens is 354 g/mol. The lowest BCUT2D eigenvalue weighted by Crippen LogP contribution is -2.21. The van der Waals surface area contributed by atoms with Crippen molar-refractivity contribution in [2.24, 2.45) is 0 Å². The highest BCUT2D eigenvalue weighted by atomic mass is 19.1. The van der Waals surface area contributed by atoms with Crippen molar-refractivity contribution in [2.45, 2.75) is 6.92 Å². The van der Waals surface area contributed by atoms with Crippen molar-refractivity contribution in [3.8, 4) is 5.69 Å². The fraction of sp³-hybridized carbons (Fsp3) is 0.100. The van der Waals surface area contributed by atoms with Gasteiger partial charge in [-0.1, -0.05) is 6.07 Å². The molecule has 3 rings (SSSR count). The number of hydrogen-bond donors (Lipinski definition) is 1. The Labute approximate surface area is 154 Å². The van der Waals surface area contributed by atoms with E-state index in [9.17, 15) is 18.4 Å². The number of halogens is 2. The van der Waals surface area contributed by atoms with Gasteiger partial charge in [0.25, 0.3) is 5.91 Å². The quantitative estimate of drug-likeness (QED) is 0.694. The maximum Gasteiger partial charge on any atom is 0.338 e. The summed E-state index contributed by atoms with van der Waals surface area (Å²) in [5.41, 5.74) is 1.72. The molecule has 3 aromatic rings. The lowest BCUT2D eigenvalue weighted by atomic mass is 10.1. The third-order valence-electron chi connectivity index (χ3n) is 3.86. The van der Waals surface area contributed by atoms with Crippen molar-refractivity contribution in [1.82, 2.24) is 4.57 Å². The van der Waals surface area contributed by atoms with Gasteiger partial charge in [-0.05, 0) is 48.9 Å². The molecule has 1 heterocycles. The Balaban J connectivity index is 1.65. The van der Waals surface area contributed by atoms with Gasteiger partial charge in [0.2, 0.25) is 0 Å². The van der Waals surface area contributed by atoms with E-state index in [0.29, 0.717) is 0 Å². The Morgan fingerprint density at radius 3 is 2.56 bits per heavy atom. The van der Waals surface area contributed by atoms with E-state index >= 15 is 0 Å². The Morgan fingerprint density at radius 1 is 1.07 bits per heavy atom. The van der Waals surface area contributed by atoms with Crippen molar-refractivity contribution >= 4 is 17.6 Å². The molecule has 0 aliphatic rings. The van der Waals surface area contributed by atoms with Crippen LogP contribution in [0.3, 0.4) is 0 Å². The number of esters is 1. The predicted molar refractivity (Wildman–Crippen MR) is 95.8 cm³/mol. The van der Waals surface area contributed by atoms with Crippen LogP contribution in [0.1, 0.15) is 15.9 Å². The molecule has 27 heavy (non-hydrogen) atoms. The molecule has 0 aliphatic heterocycles. The lowest BCUT2D eigenvalue weighted by Gasteiger charge is -2.11. The third kappa shape index (κ3) is 4.38. The molecule has 0 aliphatic carbocycles. The molecule has 5 nitrogen and oxygen atoms in total. The predicted octanol–water partition coefficient (Wildman–Crippen LogP) is 3.86. The van der Waals surface area contributed by atoms with Crippen LogP contribution in [0.2, 0.25) is 0 Å². The number of carbonyl (C=O) groups is 2. The Hall–Kier alpha value is -3.48. The summed E-state index contributed by atoms with van der Waals surface area (Å²) in [5.74, 6) is -2.95. The Bertz CT molecular complexity index is 985. The van der Waals surface area contributed by atoms with Crippen molar-refractivity contribution in [1.29, 1.82) is 0 Å².